The summed E-state index contributed by atoms with van der Waals surface area (Å²) in [4.78, 5) is 22.1. The molecule has 1 amide bonds. The molecule has 0 N–H and O–H groups in total. The number of carbonyl (C=O) groups is 1. The fourth-order valence-corrected chi connectivity index (χ4v) is 4.93. The molecule has 162 valence electrons. The molecule has 1 aromatic carbocycles. The number of aryl methyl sites for hydroxylation is 1. The predicted octanol–water partition coefficient (Wildman–Crippen LogP) is 4.04. The van der Waals surface area contributed by atoms with Crippen LogP contribution in [0.2, 0.25) is 5.02 Å². The highest BCUT2D eigenvalue weighted by Crippen LogP contribution is 2.35. The van der Waals surface area contributed by atoms with Crippen molar-refractivity contribution in [1.29, 1.82) is 0 Å². The number of halogens is 1. The number of nitrogens with zero attached hydrogens (tertiary/aromatic N) is 4. The Morgan fingerprint density at radius 2 is 2.00 bits per heavy atom. The summed E-state index contributed by atoms with van der Waals surface area (Å²) >= 11 is 6.61. The molecule has 31 heavy (non-hydrogen) atoms. The number of carbonyl (C=O) groups excluding carboxylic acids is 1. The van der Waals surface area contributed by atoms with Crippen molar-refractivity contribution in [1.82, 2.24) is 14.3 Å². The maximum atomic E-state index is 13.0. The third-order valence-electron chi connectivity index (χ3n) is 6.43. The molecule has 0 saturated carbocycles. The summed E-state index contributed by atoms with van der Waals surface area (Å²) in [5.74, 6) is 0.293. The minimum absolute atomic E-state index is 0.0305. The van der Waals surface area contributed by atoms with Gasteiger partial charge in [0.15, 0.2) is 0 Å². The summed E-state index contributed by atoms with van der Waals surface area (Å²) in [6.07, 6.45) is 3.97. The number of aromatic nitrogens is 2. The Morgan fingerprint density at radius 1 is 1.16 bits per heavy atom. The van der Waals surface area contributed by atoms with Gasteiger partial charge in [-0.1, -0.05) is 17.7 Å². The summed E-state index contributed by atoms with van der Waals surface area (Å²) < 4.78 is 7.48. The van der Waals surface area contributed by atoms with Crippen molar-refractivity contribution in [3.63, 3.8) is 0 Å². The Labute approximate surface area is 187 Å². The van der Waals surface area contributed by atoms with Crippen LogP contribution in [0.1, 0.15) is 18.5 Å². The smallest absolute Gasteiger partial charge is 0.227 e. The van der Waals surface area contributed by atoms with E-state index in [4.69, 9.17) is 21.3 Å². The van der Waals surface area contributed by atoms with Gasteiger partial charge in [0.05, 0.1) is 29.8 Å². The van der Waals surface area contributed by atoms with E-state index in [2.05, 4.69) is 28.4 Å². The molecule has 0 bridgehead atoms. The van der Waals surface area contributed by atoms with Crippen LogP contribution in [0.5, 0.6) is 0 Å². The highest BCUT2D eigenvalue weighted by Gasteiger charge is 2.30. The first kappa shape index (κ1) is 20.3. The van der Waals surface area contributed by atoms with Gasteiger partial charge in [0.2, 0.25) is 5.91 Å². The molecular formula is C24H27ClN4O2. The van der Waals surface area contributed by atoms with E-state index in [0.29, 0.717) is 31.3 Å². The van der Waals surface area contributed by atoms with Gasteiger partial charge in [0.25, 0.3) is 0 Å². The molecule has 2 saturated heterocycles. The van der Waals surface area contributed by atoms with Crippen LogP contribution in [0.25, 0.3) is 16.9 Å². The van der Waals surface area contributed by atoms with Gasteiger partial charge >= 0.3 is 0 Å². The van der Waals surface area contributed by atoms with Gasteiger partial charge < -0.3 is 18.9 Å². The zero-order valence-corrected chi connectivity index (χ0v) is 18.5. The van der Waals surface area contributed by atoms with E-state index in [1.165, 1.54) is 0 Å². The van der Waals surface area contributed by atoms with Crippen LogP contribution in [0.3, 0.4) is 0 Å². The minimum Gasteiger partial charge on any atom is -0.378 e. The number of hydrogen-bond donors (Lipinski definition) is 0. The van der Waals surface area contributed by atoms with Gasteiger partial charge in [-0.25, -0.2) is 4.98 Å². The normalized spacial score (nSPS) is 19.7. The zero-order valence-electron chi connectivity index (χ0n) is 17.8. The Bertz CT molecular complexity index is 1110. The largest absolute Gasteiger partial charge is 0.378 e. The lowest BCUT2D eigenvalue weighted by molar-refractivity contribution is -0.139. The first-order valence-electron chi connectivity index (χ1n) is 11.0. The number of ether oxygens (including phenoxy) is 1. The molecule has 2 fully saturated rings. The van der Waals surface area contributed by atoms with Gasteiger partial charge in [0, 0.05) is 49.3 Å². The van der Waals surface area contributed by atoms with Crippen molar-refractivity contribution >= 4 is 28.8 Å². The van der Waals surface area contributed by atoms with E-state index in [1.807, 2.05) is 35.4 Å². The van der Waals surface area contributed by atoms with Crippen molar-refractivity contribution in [2.75, 3.05) is 44.3 Å². The van der Waals surface area contributed by atoms with Crippen LogP contribution >= 0.6 is 11.6 Å². The van der Waals surface area contributed by atoms with E-state index >= 15 is 0 Å². The van der Waals surface area contributed by atoms with E-state index in [-0.39, 0.29) is 11.8 Å². The molecule has 1 atom stereocenters. The molecule has 4 heterocycles. The molecule has 6 nitrogen and oxygen atoms in total. The Hall–Kier alpha value is -2.57. The van der Waals surface area contributed by atoms with Crippen LogP contribution in [0, 0.1) is 12.8 Å². The third kappa shape index (κ3) is 3.90. The Kier molecular flexibility index (Phi) is 5.59. The molecule has 2 aliphatic rings. The molecule has 7 heteroatoms. The summed E-state index contributed by atoms with van der Waals surface area (Å²) in [5, 5.41) is 0.688. The van der Waals surface area contributed by atoms with Crippen molar-refractivity contribution < 1.29 is 9.53 Å². The van der Waals surface area contributed by atoms with Crippen LogP contribution in [-0.4, -0.2) is 59.6 Å². The lowest BCUT2D eigenvalue weighted by Crippen LogP contribution is -2.48. The summed E-state index contributed by atoms with van der Waals surface area (Å²) in [7, 11) is 0. The number of anilines is 1. The number of rotatable bonds is 3. The summed E-state index contributed by atoms with van der Waals surface area (Å²) in [6.45, 7) is 6.43. The van der Waals surface area contributed by atoms with Gasteiger partial charge in [-0.15, -0.1) is 0 Å². The average molecular weight is 439 g/mol. The van der Waals surface area contributed by atoms with Gasteiger partial charge in [0.1, 0.15) is 5.65 Å². The minimum atomic E-state index is 0.0305. The number of pyridine rings is 1. The van der Waals surface area contributed by atoms with Crippen molar-refractivity contribution in [3.05, 3.63) is 53.3 Å². The number of piperidine rings is 1. The number of morpholine rings is 1. The fourth-order valence-electron chi connectivity index (χ4n) is 4.72. The number of fused-ring (bicyclic) bond motifs is 1. The van der Waals surface area contributed by atoms with Gasteiger partial charge in [-0.05, 0) is 50.1 Å². The molecule has 3 aromatic rings. The monoisotopic (exact) mass is 438 g/mol. The second-order valence-corrected chi connectivity index (χ2v) is 8.77. The number of amides is 1. The van der Waals surface area contributed by atoms with E-state index in [1.54, 1.807) is 0 Å². The summed E-state index contributed by atoms with van der Waals surface area (Å²) in [5.41, 5.74) is 4.90. The molecule has 0 radical (unpaired) electrons. The number of benzene rings is 1. The lowest BCUT2D eigenvalue weighted by Gasteiger charge is -2.37. The predicted molar refractivity (Wildman–Crippen MR) is 123 cm³/mol. The van der Waals surface area contributed by atoms with E-state index < -0.39 is 0 Å². The highest BCUT2D eigenvalue weighted by molar-refractivity contribution is 6.33. The zero-order chi connectivity index (χ0) is 21.4. The molecule has 5 rings (SSSR count). The Balaban J connectivity index is 1.41. The first-order valence-corrected chi connectivity index (χ1v) is 11.3. The molecule has 0 aliphatic carbocycles. The topological polar surface area (TPSA) is 50.1 Å². The lowest BCUT2D eigenvalue weighted by atomic mass is 9.95. The van der Waals surface area contributed by atoms with E-state index in [0.717, 1.165) is 54.2 Å². The molecular weight excluding hydrogens is 412 g/mol. The number of imidazole rings is 1. The highest BCUT2D eigenvalue weighted by atomic mass is 35.5. The first-order chi connectivity index (χ1) is 15.1. The third-order valence-corrected chi connectivity index (χ3v) is 6.76. The van der Waals surface area contributed by atoms with Crippen molar-refractivity contribution in [2.45, 2.75) is 19.8 Å². The van der Waals surface area contributed by atoms with Crippen LogP contribution in [-0.2, 0) is 9.53 Å². The second-order valence-electron chi connectivity index (χ2n) is 8.36. The average Bonchev–Trinajstić information content (AvgIpc) is 3.16. The van der Waals surface area contributed by atoms with Crippen LogP contribution in [0.4, 0.5) is 5.69 Å². The Morgan fingerprint density at radius 3 is 2.81 bits per heavy atom. The molecule has 2 aromatic heterocycles. The molecule has 2 aliphatic heterocycles. The van der Waals surface area contributed by atoms with Crippen molar-refractivity contribution in [3.8, 4) is 11.3 Å². The summed E-state index contributed by atoms with van der Waals surface area (Å²) in [6, 6.07) is 12.1. The molecule has 0 spiro atoms. The van der Waals surface area contributed by atoms with Crippen LogP contribution < -0.4 is 4.90 Å². The standard InChI is InChI=1S/C24H27ClN4O2/c1-17-23(26-22-6-2-3-10-29(17)22)20-15-19(7-8-21(20)25)28-9-4-5-18(16-28)24(30)27-11-13-31-14-12-27/h2-3,6-8,10,15,18H,4-5,9,11-14,16H2,1H3. The quantitative estimate of drug-likeness (QED) is 0.619. The maximum Gasteiger partial charge on any atom is 0.227 e. The van der Waals surface area contributed by atoms with Crippen LogP contribution in [0.15, 0.2) is 42.6 Å². The molecule has 1 unspecified atom stereocenters. The number of hydrogen-bond acceptors (Lipinski definition) is 4. The van der Waals surface area contributed by atoms with Gasteiger partial charge in [-0.3, -0.25) is 4.79 Å². The fraction of sp³-hybridized carbons (Fsp3) is 0.417. The second kappa shape index (κ2) is 8.52. The maximum absolute atomic E-state index is 13.0. The SMILES string of the molecule is Cc1c(-c2cc(N3CCCC(C(=O)N4CCOCC4)C3)ccc2Cl)nc2ccccn12. The van der Waals surface area contributed by atoms with Gasteiger partial charge in [-0.2, -0.15) is 0 Å². The van der Waals surface area contributed by atoms with E-state index in [9.17, 15) is 4.79 Å². The van der Waals surface area contributed by atoms with Crippen molar-refractivity contribution in [2.24, 2.45) is 5.92 Å².